The largest absolute Gasteiger partial charge is 0.365 e. The summed E-state index contributed by atoms with van der Waals surface area (Å²) >= 11 is 0. The molecule has 148 valence electrons. The third-order valence-electron chi connectivity index (χ3n) is 8.00. The average molecular weight is 368 g/mol. The molecule has 3 aliphatic rings. The molecular weight excluding hydrogens is 336 g/mol. The third-order valence-corrected chi connectivity index (χ3v) is 8.00. The lowest BCUT2D eigenvalue weighted by atomic mass is 9.41. The molecule has 4 N–H and O–H groups in total. The molecule has 3 fully saturated rings. The normalized spacial score (nSPS) is 49.0. The first kappa shape index (κ1) is 20.0. The van der Waals surface area contributed by atoms with Gasteiger partial charge in [0.15, 0.2) is 0 Å². The van der Waals surface area contributed by atoms with E-state index in [1.807, 2.05) is 13.8 Å². The van der Waals surface area contributed by atoms with E-state index >= 15 is 0 Å². The van der Waals surface area contributed by atoms with Crippen LogP contribution in [0.25, 0.3) is 0 Å². The molecular formula is C20H32O6. The van der Waals surface area contributed by atoms with Crippen molar-refractivity contribution in [3.63, 3.8) is 0 Å². The quantitative estimate of drug-likeness (QED) is 0.413. The number of carbonyl (C=O) groups excluding carboxylic acids is 1. The maximum absolute atomic E-state index is 13.2. The van der Waals surface area contributed by atoms with Gasteiger partial charge in [-0.15, -0.1) is 6.58 Å². The summed E-state index contributed by atoms with van der Waals surface area (Å²) in [6.07, 6.45) is 4.28. The van der Waals surface area contributed by atoms with Crippen LogP contribution in [-0.2, 0) is 9.53 Å². The molecule has 1 heterocycles. The summed E-state index contributed by atoms with van der Waals surface area (Å²) in [5, 5.41) is 42.0. The van der Waals surface area contributed by atoms with Crippen LogP contribution >= 0.6 is 0 Å². The van der Waals surface area contributed by atoms with Crippen LogP contribution in [0.1, 0.15) is 60.3 Å². The fourth-order valence-electron chi connectivity index (χ4n) is 6.32. The molecule has 2 aliphatic carbocycles. The minimum absolute atomic E-state index is 0.261. The average Bonchev–Trinajstić information content (AvgIpc) is 2.51. The van der Waals surface area contributed by atoms with Gasteiger partial charge in [0.2, 0.25) is 11.6 Å². The highest BCUT2D eigenvalue weighted by molar-refractivity contribution is 5.94. The molecule has 1 saturated heterocycles. The Bertz CT molecular complexity index is 653. The van der Waals surface area contributed by atoms with Gasteiger partial charge in [-0.3, -0.25) is 4.79 Å². The van der Waals surface area contributed by atoms with Crippen molar-refractivity contribution in [3.05, 3.63) is 12.7 Å². The van der Waals surface area contributed by atoms with Crippen LogP contribution in [0.4, 0.5) is 0 Å². The van der Waals surface area contributed by atoms with Crippen molar-refractivity contribution in [1.29, 1.82) is 0 Å². The van der Waals surface area contributed by atoms with Crippen LogP contribution in [0.3, 0.4) is 0 Å². The molecule has 0 amide bonds. The van der Waals surface area contributed by atoms with Crippen LogP contribution in [0.5, 0.6) is 0 Å². The van der Waals surface area contributed by atoms with Crippen molar-refractivity contribution in [2.75, 3.05) is 0 Å². The molecule has 6 nitrogen and oxygen atoms in total. The van der Waals surface area contributed by atoms with E-state index in [9.17, 15) is 25.2 Å². The molecule has 1 aliphatic heterocycles. The Kier molecular flexibility index (Phi) is 3.97. The van der Waals surface area contributed by atoms with E-state index in [1.165, 1.54) is 0 Å². The highest BCUT2D eigenvalue weighted by Crippen LogP contribution is 2.67. The predicted octanol–water partition coefficient (Wildman–Crippen LogP) is 1.50. The fraction of sp³-hybridized carbons (Fsp3) is 0.850. The number of ketones is 1. The lowest BCUT2D eigenvalue weighted by Gasteiger charge is -2.67. The number of carbonyl (C=O) groups is 1. The highest BCUT2D eigenvalue weighted by Gasteiger charge is 2.77. The molecule has 0 aromatic heterocycles. The minimum Gasteiger partial charge on any atom is -0.365 e. The Morgan fingerprint density at radius 1 is 1.00 bits per heavy atom. The summed E-state index contributed by atoms with van der Waals surface area (Å²) in [6, 6.07) is 0. The monoisotopic (exact) mass is 368 g/mol. The minimum atomic E-state index is -3.24. The lowest BCUT2D eigenvalue weighted by molar-refractivity contribution is -0.411. The number of fused-ring (bicyclic) bond motifs is 3. The maximum atomic E-state index is 13.2. The van der Waals surface area contributed by atoms with E-state index < -0.39 is 45.3 Å². The van der Waals surface area contributed by atoms with Gasteiger partial charge in [0, 0.05) is 16.7 Å². The SMILES string of the molecule is C=C[C@@]1(C)CC[C@@H]2[C@@]3(C)C(=O)C(O)(O)C(O)(O)C(C)(C)[C@@H]3CC[C@@]2(C)O1. The fourth-order valence-corrected chi connectivity index (χ4v) is 6.32. The number of Topliss-reactive ketones (excluding diaryl/α,β-unsaturated/α-hetero) is 1. The Morgan fingerprint density at radius 2 is 1.54 bits per heavy atom. The molecule has 26 heavy (non-hydrogen) atoms. The Balaban J connectivity index is 2.14. The van der Waals surface area contributed by atoms with E-state index in [0.29, 0.717) is 25.7 Å². The van der Waals surface area contributed by atoms with Gasteiger partial charge in [-0.2, -0.15) is 0 Å². The third kappa shape index (κ3) is 2.08. The van der Waals surface area contributed by atoms with Gasteiger partial charge < -0.3 is 25.2 Å². The summed E-state index contributed by atoms with van der Waals surface area (Å²) in [6.45, 7) is 12.7. The number of hydrogen-bond donors (Lipinski definition) is 4. The number of ether oxygens (including phenoxy) is 1. The van der Waals surface area contributed by atoms with Crippen molar-refractivity contribution in [1.82, 2.24) is 0 Å². The molecule has 5 atom stereocenters. The van der Waals surface area contributed by atoms with E-state index in [4.69, 9.17) is 4.74 Å². The number of rotatable bonds is 1. The van der Waals surface area contributed by atoms with Gasteiger partial charge in [0.05, 0.1) is 11.2 Å². The zero-order valence-electron chi connectivity index (χ0n) is 16.4. The van der Waals surface area contributed by atoms with Crippen LogP contribution in [0.2, 0.25) is 0 Å². The molecule has 0 aromatic rings. The van der Waals surface area contributed by atoms with E-state index in [2.05, 4.69) is 6.58 Å². The summed E-state index contributed by atoms with van der Waals surface area (Å²) in [4.78, 5) is 13.2. The second-order valence-electron chi connectivity index (χ2n) is 9.79. The van der Waals surface area contributed by atoms with Crippen molar-refractivity contribution in [2.45, 2.75) is 83.1 Å². The first-order valence-electron chi connectivity index (χ1n) is 9.38. The first-order valence-corrected chi connectivity index (χ1v) is 9.38. The zero-order chi connectivity index (χ0) is 20.0. The molecule has 0 radical (unpaired) electrons. The van der Waals surface area contributed by atoms with Gasteiger partial charge in [-0.05, 0) is 45.4 Å². The standard InChI is InChI=1S/C20H32O6/c1-7-16(4)10-8-13-17(5,26-16)11-9-12-15(2,3)20(24,25)19(22,23)14(21)18(12,13)6/h7,12-13,22-25H,1,8-11H2,2-6H3/t12-,13-,16-,17+,18-/m0/s1. The molecule has 3 rings (SSSR count). The molecule has 0 unspecified atom stereocenters. The van der Waals surface area contributed by atoms with Crippen LogP contribution in [0, 0.1) is 22.7 Å². The second-order valence-corrected chi connectivity index (χ2v) is 9.79. The van der Waals surface area contributed by atoms with Crippen LogP contribution < -0.4 is 0 Å². The number of hydrogen-bond acceptors (Lipinski definition) is 6. The molecule has 0 bridgehead atoms. The van der Waals surface area contributed by atoms with E-state index in [0.717, 1.165) is 0 Å². The van der Waals surface area contributed by atoms with E-state index in [1.54, 1.807) is 26.8 Å². The van der Waals surface area contributed by atoms with Crippen molar-refractivity contribution >= 4 is 5.78 Å². The molecule has 0 aromatic carbocycles. The summed E-state index contributed by atoms with van der Waals surface area (Å²) in [5.74, 6) is -7.77. The van der Waals surface area contributed by atoms with Gasteiger partial charge in [0.25, 0.3) is 5.79 Å². The zero-order valence-corrected chi connectivity index (χ0v) is 16.4. The maximum Gasteiger partial charge on any atom is 0.280 e. The van der Waals surface area contributed by atoms with Gasteiger partial charge in [-0.1, -0.05) is 26.8 Å². The smallest absolute Gasteiger partial charge is 0.280 e. The first-order chi connectivity index (χ1) is 11.6. The summed E-state index contributed by atoms with van der Waals surface area (Å²) in [7, 11) is 0. The Hall–Kier alpha value is -0.790. The van der Waals surface area contributed by atoms with Gasteiger partial charge >= 0.3 is 0 Å². The topological polar surface area (TPSA) is 107 Å². The Labute approximate surface area is 154 Å². The van der Waals surface area contributed by atoms with E-state index in [-0.39, 0.29) is 5.92 Å². The van der Waals surface area contributed by atoms with Crippen LogP contribution in [0.15, 0.2) is 12.7 Å². The second kappa shape index (κ2) is 5.17. The summed E-state index contributed by atoms with van der Waals surface area (Å²) < 4.78 is 6.41. The van der Waals surface area contributed by atoms with Crippen molar-refractivity contribution in [3.8, 4) is 0 Å². The molecule has 6 heteroatoms. The lowest BCUT2D eigenvalue weighted by Crippen LogP contribution is -2.80. The number of aliphatic hydroxyl groups is 4. The van der Waals surface area contributed by atoms with Gasteiger partial charge in [0.1, 0.15) is 0 Å². The van der Waals surface area contributed by atoms with Crippen LogP contribution in [-0.4, -0.2) is 49.0 Å². The predicted molar refractivity (Wildman–Crippen MR) is 94.8 cm³/mol. The summed E-state index contributed by atoms with van der Waals surface area (Å²) in [5.41, 5.74) is -3.55. The van der Waals surface area contributed by atoms with Crippen molar-refractivity contribution in [2.24, 2.45) is 22.7 Å². The van der Waals surface area contributed by atoms with Crippen molar-refractivity contribution < 1.29 is 30.0 Å². The molecule has 0 spiro atoms. The van der Waals surface area contributed by atoms with Gasteiger partial charge in [-0.25, -0.2) is 0 Å². The Morgan fingerprint density at radius 3 is 2.08 bits per heavy atom. The highest BCUT2D eigenvalue weighted by atomic mass is 16.6. The molecule has 2 saturated carbocycles.